The molecule has 1 amide bonds. The van der Waals surface area contributed by atoms with E-state index in [1.807, 2.05) is 44.3 Å². The summed E-state index contributed by atoms with van der Waals surface area (Å²) < 4.78 is 0. The van der Waals surface area contributed by atoms with Gasteiger partial charge in [-0.05, 0) is 25.5 Å². The maximum absolute atomic E-state index is 12.4. The Bertz CT molecular complexity index is 580. The van der Waals surface area contributed by atoms with Gasteiger partial charge in [0.1, 0.15) is 4.88 Å². The number of nitrogens with one attached hydrogen (secondary N) is 1. The number of aromatic nitrogens is 1. The van der Waals surface area contributed by atoms with Gasteiger partial charge in [0.05, 0.1) is 16.4 Å². The van der Waals surface area contributed by atoms with Crippen LogP contribution in [0.5, 0.6) is 0 Å². The number of hydrogen-bond acceptors (Lipinski definition) is 4. The van der Waals surface area contributed by atoms with E-state index in [1.165, 1.54) is 11.3 Å². The van der Waals surface area contributed by atoms with Crippen LogP contribution in [0.4, 0.5) is 5.69 Å². The van der Waals surface area contributed by atoms with E-state index in [1.54, 1.807) is 5.01 Å². The van der Waals surface area contributed by atoms with Crippen molar-refractivity contribution in [2.45, 2.75) is 26.7 Å². The van der Waals surface area contributed by atoms with Crippen molar-refractivity contribution in [3.05, 3.63) is 45.9 Å². The van der Waals surface area contributed by atoms with E-state index < -0.39 is 0 Å². The first-order chi connectivity index (χ1) is 9.61. The normalized spacial score (nSPS) is 10.3. The monoisotopic (exact) mass is 289 g/mol. The number of anilines is 1. The summed E-state index contributed by atoms with van der Waals surface area (Å²) in [5.74, 6) is -0.0922. The molecule has 2 aromatic rings. The number of aryl methyl sites for hydroxylation is 2. The Morgan fingerprint density at radius 3 is 2.70 bits per heavy atom. The van der Waals surface area contributed by atoms with Gasteiger partial charge in [-0.2, -0.15) is 0 Å². The second kappa shape index (κ2) is 6.52. The summed E-state index contributed by atoms with van der Waals surface area (Å²) in [6, 6.07) is 9.73. The highest BCUT2D eigenvalue weighted by atomic mass is 32.1. The van der Waals surface area contributed by atoms with Crippen molar-refractivity contribution in [2.24, 2.45) is 0 Å². The van der Waals surface area contributed by atoms with Gasteiger partial charge in [0.2, 0.25) is 0 Å². The zero-order valence-corrected chi connectivity index (χ0v) is 12.8. The standard InChI is InChI=1S/C15H19N3OS/c1-4-8-13-14(20-11(2)16-13)15(19)17-18(3)12-9-6-5-7-10-12/h5-7,9-10H,4,8H2,1-3H3,(H,17,19). The number of rotatable bonds is 5. The number of para-hydroxylation sites is 1. The molecule has 0 saturated heterocycles. The predicted molar refractivity (Wildman–Crippen MR) is 83.2 cm³/mol. The zero-order chi connectivity index (χ0) is 14.5. The molecule has 0 unspecified atom stereocenters. The summed E-state index contributed by atoms with van der Waals surface area (Å²) in [6.07, 6.45) is 1.82. The SMILES string of the molecule is CCCc1nc(C)sc1C(=O)NN(C)c1ccccc1. The molecule has 0 radical (unpaired) electrons. The third-order valence-corrected chi connectivity index (χ3v) is 3.92. The van der Waals surface area contributed by atoms with Gasteiger partial charge in [0, 0.05) is 7.05 Å². The van der Waals surface area contributed by atoms with Crippen LogP contribution in [-0.2, 0) is 6.42 Å². The maximum atomic E-state index is 12.4. The van der Waals surface area contributed by atoms with Gasteiger partial charge in [-0.1, -0.05) is 31.5 Å². The highest BCUT2D eigenvalue weighted by molar-refractivity contribution is 7.13. The van der Waals surface area contributed by atoms with Crippen molar-refractivity contribution in [3.8, 4) is 0 Å². The number of amides is 1. The van der Waals surface area contributed by atoms with Crippen molar-refractivity contribution in [1.29, 1.82) is 0 Å². The molecular formula is C15H19N3OS. The molecule has 1 heterocycles. The minimum absolute atomic E-state index is 0.0922. The van der Waals surface area contributed by atoms with Crippen molar-refractivity contribution >= 4 is 22.9 Å². The highest BCUT2D eigenvalue weighted by Gasteiger charge is 2.17. The molecule has 1 N–H and O–H groups in total. The molecule has 2 rings (SSSR count). The number of hydrazine groups is 1. The summed E-state index contributed by atoms with van der Waals surface area (Å²) in [5.41, 5.74) is 4.73. The predicted octanol–water partition coefficient (Wildman–Crippen LogP) is 3.19. The molecule has 1 aromatic heterocycles. The molecule has 5 heteroatoms. The summed E-state index contributed by atoms with van der Waals surface area (Å²) in [4.78, 5) is 17.5. The first-order valence-electron chi connectivity index (χ1n) is 6.68. The molecule has 20 heavy (non-hydrogen) atoms. The largest absolute Gasteiger partial charge is 0.288 e. The van der Waals surface area contributed by atoms with Crippen LogP contribution in [0.25, 0.3) is 0 Å². The van der Waals surface area contributed by atoms with Crippen LogP contribution in [0.15, 0.2) is 30.3 Å². The first-order valence-corrected chi connectivity index (χ1v) is 7.49. The van der Waals surface area contributed by atoms with E-state index in [0.29, 0.717) is 4.88 Å². The Kier molecular flexibility index (Phi) is 4.74. The molecule has 0 saturated carbocycles. The van der Waals surface area contributed by atoms with E-state index in [4.69, 9.17) is 0 Å². The number of hydrogen-bond donors (Lipinski definition) is 1. The van der Waals surface area contributed by atoms with Crippen molar-refractivity contribution in [1.82, 2.24) is 10.4 Å². The van der Waals surface area contributed by atoms with Gasteiger partial charge in [-0.3, -0.25) is 15.2 Å². The molecule has 0 bridgehead atoms. The minimum Gasteiger partial charge on any atom is -0.288 e. The Balaban J connectivity index is 2.12. The molecule has 0 atom stereocenters. The number of carbonyl (C=O) groups is 1. The van der Waals surface area contributed by atoms with Crippen LogP contribution in [0, 0.1) is 6.92 Å². The maximum Gasteiger partial charge on any atom is 0.281 e. The summed E-state index contributed by atoms with van der Waals surface area (Å²) >= 11 is 1.45. The van der Waals surface area contributed by atoms with Gasteiger partial charge in [0.15, 0.2) is 0 Å². The fourth-order valence-corrected chi connectivity index (χ4v) is 2.83. The molecule has 0 aliphatic carbocycles. The smallest absolute Gasteiger partial charge is 0.281 e. The Labute approximate surface area is 123 Å². The Hall–Kier alpha value is -1.88. The highest BCUT2D eigenvalue weighted by Crippen LogP contribution is 2.20. The lowest BCUT2D eigenvalue weighted by Crippen LogP contribution is -2.39. The van der Waals surface area contributed by atoms with Crippen molar-refractivity contribution in [2.75, 3.05) is 12.1 Å². The lowest BCUT2D eigenvalue weighted by molar-refractivity contribution is 0.0954. The van der Waals surface area contributed by atoms with E-state index in [2.05, 4.69) is 17.3 Å². The summed E-state index contributed by atoms with van der Waals surface area (Å²) in [7, 11) is 1.83. The summed E-state index contributed by atoms with van der Waals surface area (Å²) in [5, 5.41) is 2.66. The lowest BCUT2D eigenvalue weighted by atomic mass is 10.2. The van der Waals surface area contributed by atoms with Gasteiger partial charge in [0.25, 0.3) is 5.91 Å². The molecule has 0 spiro atoms. The lowest BCUT2D eigenvalue weighted by Gasteiger charge is -2.19. The molecule has 0 aliphatic rings. The molecule has 0 aliphatic heterocycles. The van der Waals surface area contributed by atoms with Crippen LogP contribution in [-0.4, -0.2) is 17.9 Å². The fraction of sp³-hybridized carbons (Fsp3) is 0.333. The van der Waals surface area contributed by atoms with Gasteiger partial charge < -0.3 is 0 Å². The van der Waals surface area contributed by atoms with E-state index >= 15 is 0 Å². The minimum atomic E-state index is -0.0922. The van der Waals surface area contributed by atoms with Crippen molar-refractivity contribution in [3.63, 3.8) is 0 Å². The van der Waals surface area contributed by atoms with Crippen molar-refractivity contribution < 1.29 is 4.79 Å². The van der Waals surface area contributed by atoms with Crippen LogP contribution in [0.3, 0.4) is 0 Å². The summed E-state index contributed by atoms with van der Waals surface area (Å²) in [6.45, 7) is 4.02. The first kappa shape index (κ1) is 14.5. The molecule has 4 nitrogen and oxygen atoms in total. The van der Waals surface area contributed by atoms with Gasteiger partial charge in [-0.25, -0.2) is 4.98 Å². The third kappa shape index (κ3) is 3.36. The molecule has 1 aromatic carbocycles. The average molecular weight is 289 g/mol. The molecule has 106 valence electrons. The number of carbonyl (C=O) groups excluding carboxylic acids is 1. The Morgan fingerprint density at radius 1 is 1.35 bits per heavy atom. The van der Waals surface area contributed by atoms with Crippen LogP contribution >= 0.6 is 11.3 Å². The van der Waals surface area contributed by atoms with E-state index in [9.17, 15) is 4.79 Å². The molecule has 0 fully saturated rings. The third-order valence-electron chi connectivity index (χ3n) is 2.91. The second-order valence-electron chi connectivity index (χ2n) is 4.59. The molecular weight excluding hydrogens is 270 g/mol. The quantitative estimate of drug-likeness (QED) is 0.860. The van der Waals surface area contributed by atoms with Crippen LogP contribution in [0.2, 0.25) is 0 Å². The number of nitrogens with zero attached hydrogens (tertiary/aromatic N) is 2. The second-order valence-corrected chi connectivity index (χ2v) is 5.80. The van der Waals surface area contributed by atoms with Gasteiger partial charge in [-0.15, -0.1) is 11.3 Å². The zero-order valence-electron chi connectivity index (χ0n) is 12.0. The Morgan fingerprint density at radius 2 is 2.05 bits per heavy atom. The topological polar surface area (TPSA) is 45.2 Å². The van der Waals surface area contributed by atoms with Crippen LogP contribution in [0.1, 0.15) is 33.7 Å². The average Bonchev–Trinajstić information content (AvgIpc) is 2.81. The number of thiazole rings is 1. The fourth-order valence-electron chi connectivity index (χ4n) is 1.97. The van der Waals surface area contributed by atoms with Crippen LogP contribution < -0.4 is 10.4 Å². The van der Waals surface area contributed by atoms with E-state index in [0.717, 1.165) is 29.2 Å². The van der Waals surface area contributed by atoms with Gasteiger partial charge >= 0.3 is 0 Å². The number of benzene rings is 1. The van der Waals surface area contributed by atoms with E-state index in [-0.39, 0.29) is 5.91 Å².